The minimum atomic E-state index is 0.0474. The van der Waals surface area contributed by atoms with Crippen molar-refractivity contribution in [3.05, 3.63) is 35.0 Å². The van der Waals surface area contributed by atoms with E-state index in [-0.39, 0.29) is 11.0 Å². The number of aryl methyl sites for hydroxylation is 1. The summed E-state index contributed by atoms with van der Waals surface area (Å²) in [4.78, 5) is 7.73. The average Bonchev–Trinajstić information content (AvgIpc) is 2.72. The van der Waals surface area contributed by atoms with Gasteiger partial charge in [-0.3, -0.25) is 4.68 Å². The summed E-state index contributed by atoms with van der Waals surface area (Å²) in [7, 11) is 1.85. The van der Waals surface area contributed by atoms with Crippen molar-refractivity contribution in [2.45, 2.75) is 6.54 Å². The molecule has 0 aliphatic heterocycles. The van der Waals surface area contributed by atoms with Gasteiger partial charge in [0.15, 0.2) is 0 Å². The molecule has 17 heavy (non-hydrogen) atoms. The maximum absolute atomic E-state index is 8.70. The maximum atomic E-state index is 8.70. The number of nitriles is 1. The number of halogens is 1. The molecule has 0 radical (unpaired) electrons. The molecule has 2 aromatic heterocycles. The molecule has 0 amide bonds. The first-order chi connectivity index (χ1) is 8.17. The second kappa shape index (κ2) is 4.80. The van der Waals surface area contributed by atoms with Crippen LogP contribution in [0, 0.1) is 11.3 Å². The van der Waals surface area contributed by atoms with Gasteiger partial charge in [0, 0.05) is 31.4 Å². The minimum absolute atomic E-state index is 0.0474. The van der Waals surface area contributed by atoms with E-state index in [1.165, 1.54) is 0 Å². The molecule has 0 unspecified atom stereocenters. The Hall–Kier alpha value is -2.13. The lowest BCUT2D eigenvalue weighted by Crippen LogP contribution is -2.02. The van der Waals surface area contributed by atoms with Crippen molar-refractivity contribution in [1.29, 1.82) is 5.26 Å². The molecular formula is C10H9ClN6. The molecule has 6 nitrogen and oxygen atoms in total. The van der Waals surface area contributed by atoms with E-state index in [9.17, 15) is 0 Å². The van der Waals surface area contributed by atoms with Gasteiger partial charge in [-0.25, -0.2) is 9.97 Å². The molecule has 0 saturated carbocycles. The molecule has 0 aliphatic rings. The molecule has 0 aromatic carbocycles. The molecule has 0 atom stereocenters. The third-order valence-corrected chi connectivity index (χ3v) is 2.22. The fourth-order valence-corrected chi connectivity index (χ4v) is 1.50. The monoisotopic (exact) mass is 248 g/mol. The van der Waals surface area contributed by atoms with Crippen LogP contribution < -0.4 is 5.32 Å². The van der Waals surface area contributed by atoms with Crippen molar-refractivity contribution in [1.82, 2.24) is 19.7 Å². The van der Waals surface area contributed by atoms with Crippen LogP contribution in [-0.2, 0) is 13.6 Å². The highest BCUT2D eigenvalue weighted by atomic mass is 35.5. The second-order valence-corrected chi connectivity index (χ2v) is 3.77. The highest BCUT2D eigenvalue weighted by Gasteiger charge is 2.03. The molecular weight excluding hydrogens is 240 g/mol. The van der Waals surface area contributed by atoms with Crippen LogP contribution in [0.1, 0.15) is 11.4 Å². The highest BCUT2D eigenvalue weighted by molar-refractivity contribution is 6.29. The van der Waals surface area contributed by atoms with Crippen molar-refractivity contribution >= 4 is 17.4 Å². The molecule has 86 valence electrons. The van der Waals surface area contributed by atoms with E-state index < -0.39 is 0 Å². The first-order valence-corrected chi connectivity index (χ1v) is 5.21. The molecule has 2 aromatic rings. The Kier molecular flexibility index (Phi) is 3.21. The second-order valence-electron chi connectivity index (χ2n) is 3.39. The molecule has 2 heterocycles. The first-order valence-electron chi connectivity index (χ1n) is 4.83. The molecule has 0 spiro atoms. The smallest absolute Gasteiger partial charge is 0.235 e. The zero-order valence-electron chi connectivity index (χ0n) is 9.05. The predicted molar refractivity (Wildman–Crippen MR) is 62.3 cm³/mol. The summed E-state index contributed by atoms with van der Waals surface area (Å²) in [5.74, 6) is 0.566. The van der Waals surface area contributed by atoms with Gasteiger partial charge >= 0.3 is 0 Å². The normalized spacial score (nSPS) is 9.94. The van der Waals surface area contributed by atoms with Crippen molar-refractivity contribution in [3.63, 3.8) is 0 Å². The van der Waals surface area contributed by atoms with Crippen LogP contribution in [0.5, 0.6) is 0 Å². The number of hydrogen-bond donors (Lipinski definition) is 1. The molecule has 0 aliphatic carbocycles. The summed E-state index contributed by atoms with van der Waals surface area (Å²) in [6, 6.07) is 3.42. The molecule has 2 rings (SSSR count). The van der Waals surface area contributed by atoms with E-state index in [0.29, 0.717) is 12.4 Å². The summed E-state index contributed by atoms with van der Waals surface area (Å²) < 4.78 is 1.71. The number of anilines is 1. The van der Waals surface area contributed by atoms with Crippen LogP contribution in [-0.4, -0.2) is 19.7 Å². The molecule has 0 fully saturated rings. The van der Waals surface area contributed by atoms with Gasteiger partial charge < -0.3 is 5.32 Å². The Labute approximate surface area is 103 Å². The Bertz CT molecular complexity index is 570. The number of hydrogen-bond acceptors (Lipinski definition) is 5. The lowest BCUT2D eigenvalue weighted by molar-refractivity contribution is 0.767. The number of nitrogens with one attached hydrogen (secondary N) is 1. The van der Waals surface area contributed by atoms with Crippen molar-refractivity contribution in [3.8, 4) is 6.07 Å². The number of aromatic nitrogens is 4. The van der Waals surface area contributed by atoms with Crippen molar-refractivity contribution in [2.24, 2.45) is 7.05 Å². The maximum Gasteiger partial charge on any atom is 0.235 e. The zero-order valence-corrected chi connectivity index (χ0v) is 9.81. The van der Waals surface area contributed by atoms with Gasteiger partial charge in [-0.2, -0.15) is 10.4 Å². The largest absolute Gasteiger partial charge is 0.366 e. The topological polar surface area (TPSA) is 79.4 Å². The molecule has 0 saturated heterocycles. The van der Waals surface area contributed by atoms with E-state index >= 15 is 0 Å². The van der Waals surface area contributed by atoms with Gasteiger partial charge in [0.25, 0.3) is 0 Å². The Morgan fingerprint density at radius 2 is 2.35 bits per heavy atom. The standard InChI is InChI=1S/C10H9ClN6/c1-17-6-7(5-14-17)4-13-9-2-8(11)15-10(3-12)16-9/h2,5-6H,4H2,1H3,(H,13,15,16). The summed E-state index contributed by atoms with van der Waals surface area (Å²) in [6.07, 6.45) is 3.64. The lowest BCUT2D eigenvalue weighted by Gasteiger charge is -2.03. The van der Waals surface area contributed by atoms with E-state index in [2.05, 4.69) is 20.4 Å². The molecule has 7 heteroatoms. The first kappa shape index (κ1) is 11.4. The molecule has 0 bridgehead atoms. The highest BCUT2D eigenvalue weighted by Crippen LogP contribution is 2.12. The van der Waals surface area contributed by atoms with Crippen molar-refractivity contribution in [2.75, 3.05) is 5.32 Å². The predicted octanol–water partition coefficient (Wildman–Crippen LogP) is 1.35. The Morgan fingerprint density at radius 3 is 3.00 bits per heavy atom. The SMILES string of the molecule is Cn1cc(CNc2cc(Cl)nc(C#N)n2)cn1. The van der Waals surface area contributed by atoms with Crippen LogP contribution in [0.25, 0.3) is 0 Å². The lowest BCUT2D eigenvalue weighted by atomic mass is 10.3. The van der Waals surface area contributed by atoms with Gasteiger partial charge in [-0.05, 0) is 0 Å². The van der Waals surface area contributed by atoms with Crippen molar-refractivity contribution < 1.29 is 0 Å². The van der Waals surface area contributed by atoms with Gasteiger partial charge in [0.05, 0.1) is 6.20 Å². The summed E-state index contributed by atoms with van der Waals surface area (Å²) >= 11 is 5.76. The number of rotatable bonds is 3. The van der Waals surface area contributed by atoms with E-state index in [1.54, 1.807) is 16.9 Å². The van der Waals surface area contributed by atoms with Crippen LogP contribution in [0.2, 0.25) is 5.15 Å². The fourth-order valence-electron chi connectivity index (χ4n) is 1.31. The van der Waals surface area contributed by atoms with Crippen LogP contribution in [0.3, 0.4) is 0 Å². The van der Waals surface area contributed by atoms with Crippen LogP contribution in [0.15, 0.2) is 18.5 Å². The van der Waals surface area contributed by atoms with E-state index in [0.717, 1.165) is 5.56 Å². The third-order valence-electron chi connectivity index (χ3n) is 2.03. The fraction of sp³-hybridized carbons (Fsp3) is 0.200. The summed E-state index contributed by atoms with van der Waals surface area (Å²) in [5, 5.41) is 16.0. The third kappa shape index (κ3) is 2.92. The Balaban J connectivity index is 2.09. The average molecular weight is 249 g/mol. The van der Waals surface area contributed by atoms with Gasteiger partial charge in [-0.15, -0.1) is 0 Å². The quantitative estimate of drug-likeness (QED) is 0.830. The van der Waals surface area contributed by atoms with E-state index in [4.69, 9.17) is 16.9 Å². The summed E-state index contributed by atoms with van der Waals surface area (Å²) in [6.45, 7) is 0.562. The number of nitrogens with zero attached hydrogens (tertiary/aromatic N) is 5. The van der Waals surface area contributed by atoms with Gasteiger partial charge in [0.2, 0.25) is 5.82 Å². The summed E-state index contributed by atoms with van der Waals surface area (Å²) in [5.41, 5.74) is 1.01. The van der Waals surface area contributed by atoms with Gasteiger partial charge in [-0.1, -0.05) is 11.6 Å². The van der Waals surface area contributed by atoms with Crippen LogP contribution in [0.4, 0.5) is 5.82 Å². The minimum Gasteiger partial charge on any atom is -0.366 e. The van der Waals surface area contributed by atoms with Crippen LogP contribution >= 0.6 is 11.6 Å². The van der Waals surface area contributed by atoms with Gasteiger partial charge in [0.1, 0.15) is 17.0 Å². The Morgan fingerprint density at radius 1 is 1.53 bits per heavy atom. The molecule has 1 N–H and O–H groups in total. The van der Waals surface area contributed by atoms with E-state index in [1.807, 2.05) is 19.3 Å². The zero-order chi connectivity index (χ0) is 12.3.